The van der Waals surface area contributed by atoms with E-state index in [0.717, 1.165) is 0 Å². The van der Waals surface area contributed by atoms with E-state index in [1.165, 1.54) is 0 Å². The van der Waals surface area contributed by atoms with Gasteiger partial charge in [-0.2, -0.15) is 0 Å². The van der Waals surface area contributed by atoms with Gasteiger partial charge in [0.05, 0.1) is 0 Å². The molecule has 0 spiro atoms. The van der Waals surface area contributed by atoms with Gasteiger partial charge < -0.3 is 0 Å². The monoisotopic (exact) mass is 376 g/mol. The van der Waals surface area contributed by atoms with E-state index in [1.54, 1.807) is 20.8 Å². The Hall–Kier alpha value is -0.720. The molecule has 19 heavy (non-hydrogen) atoms. The molecule has 0 aromatic carbocycles. The van der Waals surface area contributed by atoms with Crippen LogP contribution in [0, 0.1) is 0 Å². The summed E-state index contributed by atoms with van der Waals surface area (Å²) >= 11 is -3.40. The van der Waals surface area contributed by atoms with Crippen molar-refractivity contribution in [3.63, 3.8) is 0 Å². The van der Waals surface area contributed by atoms with E-state index in [-0.39, 0.29) is 0 Å². The normalized spacial score (nSPS) is 15.3. The number of hydrogen-bond donors (Lipinski definition) is 3. The van der Waals surface area contributed by atoms with Crippen molar-refractivity contribution in [1.82, 2.24) is 0 Å². The molecule has 0 aromatic rings. The number of hydrogen-bond acceptors (Lipinski definition) is 3. The van der Waals surface area contributed by atoms with Crippen LogP contribution in [0.15, 0.2) is 0 Å². The van der Waals surface area contributed by atoms with Gasteiger partial charge in [-0.05, 0) is 0 Å². The average Bonchev–Trinajstić information content (AvgIpc) is 2.29. The van der Waals surface area contributed by atoms with E-state index in [9.17, 15) is 29.7 Å². The summed E-state index contributed by atoms with van der Waals surface area (Å²) in [6, 6.07) is 0. The van der Waals surface area contributed by atoms with Crippen LogP contribution in [0.1, 0.15) is 40.0 Å². The van der Waals surface area contributed by atoms with Gasteiger partial charge in [0.2, 0.25) is 0 Å². The van der Waals surface area contributed by atoms with Crippen LogP contribution < -0.4 is 0 Å². The molecule has 3 atom stereocenters. The summed E-state index contributed by atoms with van der Waals surface area (Å²) in [6.45, 7) is 5.06. The molecule has 3 N–H and O–H groups in total. The van der Waals surface area contributed by atoms with Crippen LogP contribution in [0.2, 0.25) is 11.0 Å². The Morgan fingerprint density at radius 3 is 1.05 bits per heavy atom. The van der Waals surface area contributed by atoms with Crippen molar-refractivity contribution in [2.24, 2.45) is 0 Å². The SMILES string of the molecule is CC[CH](C(=O)O)[In]([CH](CC)C(=O)O)[CH](CC)C(=O)O. The van der Waals surface area contributed by atoms with Crippen molar-refractivity contribution in [2.45, 2.75) is 51.1 Å². The Labute approximate surface area is 120 Å². The number of carbonyl (C=O) groups is 3. The second-order valence-electron chi connectivity index (χ2n) is 4.64. The second kappa shape index (κ2) is 8.45. The van der Waals surface area contributed by atoms with Crippen LogP contribution >= 0.6 is 0 Å². The molecular formula is C12H21InO6. The van der Waals surface area contributed by atoms with E-state index < -0.39 is 50.4 Å². The summed E-state index contributed by atoms with van der Waals surface area (Å²) in [4.78, 5) is 34.0. The van der Waals surface area contributed by atoms with Crippen LogP contribution in [0.4, 0.5) is 0 Å². The number of aliphatic carboxylic acids is 3. The number of rotatable bonds is 9. The summed E-state index contributed by atoms with van der Waals surface area (Å²) in [6.07, 6.45) is 0.927. The van der Waals surface area contributed by atoms with Crippen LogP contribution in [0.5, 0.6) is 0 Å². The molecule has 0 bridgehead atoms. The van der Waals surface area contributed by atoms with Gasteiger partial charge >= 0.3 is 120 Å². The average molecular weight is 376 g/mol. The summed E-state index contributed by atoms with van der Waals surface area (Å²) in [7, 11) is 0. The molecule has 108 valence electrons. The first-order valence-corrected chi connectivity index (χ1v) is 12.2. The quantitative estimate of drug-likeness (QED) is 0.568. The van der Waals surface area contributed by atoms with Crippen molar-refractivity contribution < 1.29 is 29.7 Å². The van der Waals surface area contributed by atoms with Crippen molar-refractivity contribution in [1.29, 1.82) is 0 Å². The zero-order valence-electron chi connectivity index (χ0n) is 11.5. The zero-order chi connectivity index (χ0) is 15.2. The van der Waals surface area contributed by atoms with Gasteiger partial charge in [-0.25, -0.2) is 0 Å². The third-order valence-electron chi connectivity index (χ3n) is 3.66. The minimum atomic E-state index is -3.40. The fourth-order valence-electron chi connectivity index (χ4n) is 2.68. The molecule has 0 radical (unpaired) electrons. The maximum absolute atomic E-state index is 11.3. The van der Waals surface area contributed by atoms with E-state index in [1.807, 2.05) is 0 Å². The fourth-order valence-corrected chi connectivity index (χ4v) is 15.0. The van der Waals surface area contributed by atoms with Gasteiger partial charge in [-0.3, -0.25) is 0 Å². The standard InChI is InChI=1S/3C4H7O2.In/c3*1-2-3-4(5)6;/h3*3H,2H2,1H3,(H,5,6);. The second-order valence-corrected chi connectivity index (χ2v) is 14.8. The van der Waals surface area contributed by atoms with Gasteiger partial charge in [0.1, 0.15) is 0 Å². The van der Waals surface area contributed by atoms with E-state index in [0.29, 0.717) is 19.3 Å². The van der Waals surface area contributed by atoms with E-state index >= 15 is 0 Å². The molecule has 0 aliphatic rings. The molecule has 0 aliphatic carbocycles. The third-order valence-corrected chi connectivity index (χ3v) is 18.1. The predicted molar refractivity (Wildman–Crippen MR) is 70.8 cm³/mol. The first-order valence-electron chi connectivity index (χ1n) is 6.50. The first-order chi connectivity index (χ1) is 8.81. The van der Waals surface area contributed by atoms with E-state index in [2.05, 4.69) is 0 Å². The topological polar surface area (TPSA) is 112 Å². The van der Waals surface area contributed by atoms with Crippen molar-refractivity contribution >= 4 is 39.3 Å². The van der Waals surface area contributed by atoms with Gasteiger partial charge in [0, 0.05) is 0 Å². The third kappa shape index (κ3) is 4.71. The Morgan fingerprint density at radius 1 is 0.737 bits per heavy atom. The van der Waals surface area contributed by atoms with E-state index in [4.69, 9.17) is 0 Å². The van der Waals surface area contributed by atoms with Gasteiger partial charge in [-0.1, -0.05) is 0 Å². The maximum atomic E-state index is 11.3. The van der Waals surface area contributed by atoms with Crippen LogP contribution in [-0.2, 0) is 14.4 Å². The number of carboxylic acid groups (broad SMARTS) is 3. The molecule has 0 rings (SSSR count). The molecule has 6 nitrogen and oxygen atoms in total. The molecule has 0 aliphatic heterocycles. The van der Waals surface area contributed by atoms with Crippen molar-refractivity contribution in [3.05, 3.63) is 0 Å². The Bertz CT molecular complexity index is 291. The Balaban J connectivity index is 5.62. The molecule has 0 aromatic heterocycles. The summed E-state index contributed by atoms with van der Waals surface area (Å²) < 4.78 is -2.24. The Morgan fingerprint density at radius 2 is 0.947 bits per heavy atom. The zero-order valence-corrected chi connectivity index (χ0v) is 14.8. The van der Waals surface area contributed by atoms with Crippen molar-refractivity contribution in [2.75, 3.05) is 0 Å². The first kappa shape index (κ1) is 18.3. The molecule has 7 heteroatoms. The summed E-state index contributed by atoms with van der Waals surface area (Å²) in [5.74, 6) is -3.12. The molecule has 3 unspecified atom stereocenters. The fraction of sp³-hybridized carbons (Fsp3) is 0.750. The number of carboxylic acids is 3. The molecule has 0 saturated carbocycles. The molecule has 0 heterocycles. The van der Waals surface area contributed by atoms with Gasteiger partial charge in [0.25, 0.3) is 0 Å². The van der Waals surface area contributed by atoms with Crippen LogP contribution in [-0.4, -0.2) is 54.7 Å². The van der Waals surface area contributed by atoms with Gasteiger partial charge in [0.15, 0.2) is 0 Å². The molecule has 0 fully saturated rings. The summed E-state index contributed by atoms with van der Waals surface area (Å²) in [5, 5.41) is 27.8. The molecule has 0 saturated heterocycles. The summed E-state index contributed by atoms with van der Waals surface area (Å²) in [5.41, 5.74) is 0. The van der Waals surface area contributed by atoms with Crippen molar-refractivity contribution in [3.8, 4) is 0 Å². The van der Waals surface area contributed by atoms with Gasteiger partial charge in [-0.15, -0.1) is 0 Å². The predicted octanol–water partition coefficient (Wildman–Crippen LogP) is 2.08. The molecule has 0 amide bonds. The molecular weight excluding hydrogens is 355 g/mol. The Kier molecular flexibility index (Phi) is 8.13. The van der Waals surface area contributed by atoms with Crippen LogP contribution in [0.25, 0.3) is 0 Å². The minimum absolute atomic E-state index is 0.309. The van der Waals surface area contributed by atoms with Crippen LogP contribution in [0.3, 0.4) is 0 Å².